The normalized spacial score (nSPS) is 43.6. The van der Waals surface area contributed by atoms with Crippen molar-refractivity contribution in [1.82, 2.24) is 0 Å². The zero-order chi connectivity index (χ0) is 37.2. The first-order chi connectivity index (χ1) is 28.3. The Bertz CT molecular complexity index is 2160. The molecular weight excluding hydrogens is 687 g/mol. The number of hydrogen-bond acceptors (Lipinski definition) is 1. The molecule has 1 fully saturated rings. The van der Waals surface area contributed by atoms with E-state index < -0.39 is 0 Å². The molecule has 294 valence electrons. The molecule has 0 N–H and O–H groups in total. The second kappa shape index (κ2) is 13.4. The molecule has 0 bridgehead atoms. The zero-order valence-electron chi connectivity index (χ0n) is 34.6. The van der Waals surface area contributed by atoms with Crippen molar-refractivity contribution in [2.45, 2.75) is 141 Å². The van der Waals surface area contributed by atoms with Gasteiger partial charge in [-0.15, -0.1) is 0 Å². The monoisotopic (exact) mass is 752 g/mol. The smallest absolute Gasteiger partial charge is 0.0630 e. The van der Waals surface area contributed by atoms with E-state index >= 15 is 0 Å². The lowest BCUT2D eigenvalue weighted by Crippen LogP contribution is -2.38. The van der Waals surface area contributed by atoms with E-state index in [9.17, 15) is 0 Å². The van der Waals surface area contributed by atoms with Gasteiger partial charge in [0.15, 0.2) is 0 Å². The Labute approximate surface area is 343 Å². The van der Waals surface area contributed by atoms with Gasteiger partial charge in [-0.25, -0.2) is 0 Å². The Morgan fingerprint density at radius 1 is 0.614 bits per heavy atom. The minimum absolute atomic E-state index is 0.197. The summed E-state index contributed by atoms with van der Waals surface area (Å²) in [5.41, 5.74) is 20.6. The molecule has 1 aliphatic heterocycles. The molecular formula is C56H65N. The lowest BCUT2D eigenvalue weighted by molar-refractivity contribution is 0.237. The SMILES string of the molecule is C1=CCC(C2CC(C3CC=CCC3)=NC(C3CCC4=C(C3)C3(C5=CC6C7=C(CCC=C7)C7=C(CCCC7)C6CC5C5C=CCCC53)C3=C4CCCC3)C3C=C32)C=C1. The molecule has 0 saturated heterocycles. The maximum absolute atomic E-state index is 6.12. The summed E-state index contributed by atoms with van der Waals surface area (Å²) < 4.78 is 0. The third-order valence-electron chi connectivity index (χ3n) is 18.9. The van der Waals surface area contributed by atoms with Gasteiger partial charge in [-0.1, -0.05) is 101 Å². The average molecular weight is 752 g/mol. The van der Waals surface area contributed by atoms with Gasteiger partial charge >= 0.3 is 0 Å². The maximum Gasteiger partial charge on any atom is 0.0630 e. The number of hydrogen-bond donors (Lipinski definition) is 0. The summed E-state index contributed by atoms with van der Waals surface area (Å²) in [5, 5.41) is 0. The van der Waals surface area contributed by atoms with Gasteiger partial charge in [-0.05, 0) is 204 Å². The van der Waals surface area contributed by atoms with E-state index in [2.05, 4.69) is 72.9 Å². The van der Waals surface area contributed by atoms with Crippen molar-refractivity contribution in [3.05, 3.63) is 129 Å². The topological polar surface area (TPSA) is 12.4 Å². The summed E-state index contributed by atoms with van der Waals surface area (Å²) in [6.07, 6.45) is 58.8. The van der Waals surface area contributed by atoms with Gasteiger partial charge < -0.3 is 0 Å². The van der Waals surface area contributed by atoms with Crippen molar-refractivity contribution in [2.24, 2.45) is 69.6 Å². The summed E-state index contributed by atoms with van der Waals surface area (Å²) in [4.78, 5) is 6.12. The van der Waals surface area contributed by atoms with Crippen LogP contribution >= 0.6 is 0 Å². The van der Waals surface area contributed by atoms with Crippen LogP contribution in [0.25, 0.3) is 0 Å². The summed E-state index contributed by atoms with van der Waals surface area (Å²) in [5.74, 6) is 6.78. The summed E-state index contributed by atoms with van der Waals surface area (Å²) in [7, 11) is 0. The van der Waals surface area contributed by atoms with Gasteiger partial charge in [0.05, 0.1) is 6.04 Å². The zero-order valence-corrected chi connectivity index (χ0v) is 34.6. The summed E-state index contributed by atoms with van der Waals surface area (Å²) >= 11 is 0. The molecule has 1 nitrogen and oxygen atoms in total. The van der Waals surface area contributed by atoms with Crippen molar-refractivity contribution < 1.29 is 0 Å². The molecule has 12 unspecified atom stereocenters. The first kappa shape index (κ1) is 34.7. The van der Waals surface area contributed by atoms with Crippen LogP contribution in [0.1, 0.15) is 135 Å². The Morgan fingerprint density at radius 3 is 2.42 bits per heavy atom. The van der Waals surface area contributed by atoms with Crippen LogP contribution < -0.4 is 0 Å². The quantitative estimate of drug-likeness (QED) is 0.255. The Morgan fingerprint density at radius 2 is 1.51 bits per heavy atom. The number of allylic oxidation sites excluding steroid dienone is 20. The fourth-order valence-electron chi connectivity index (χ4n) is 16.6. The van der Waals surface area contributed by atoms with Crippen LogP contribution in [0.4, 0.5) is 0 Å². The van der Waals surface area contributed by atoms with Crippen LogP contribution in [0.5, 0.6) is 0 Å². The van der Waals surface area contributed by atoms with Gasteiger partial charge in [0.25, 0.3) is 0 Å². The van der Waals surface area contributed by atoms with E-state index in [-0.39, 0.29) is 5.41 Å². The highest BCUT2D eigenvalue weighted by Gasteiger charge is 2.65. The van der Waals surface area contributed by atoms with E-state index in [1.54, 1.807) is 22.4 Å². The molecule has 1 spiro atoms. The van der Waals surface area contributed by atoms with Crippen LogP contribution in [0, 0.1) is 64.6 Å². The van der Waals surface area contributed by atoms with Crippen molar-refractivity contribution >= 4 is 5.71 Å². The highest BCUT2D eigenvalue weighted by molar-refractivity contribution is 5.89. The second-order valence-electron chi connectivity index (χ2n) is 21.1. The van der Waals surface area contributed by atoms with Crippen molar-refractivity contribution in [3.63, 3.8) is 0 Å². The van der Waals surface area contributed by atoms with Gasteiger partial charge in [0.2, 0.25) is 0 Å². The lowest BCUT2D eigenvalue weighted by Gasteiger charge is -2.48. The van der Waals surface area contributed by atoms with Crippen molar-refractivity contribution in [3.8, 4) is 0 Å². The highest BCUT2D eigenvalue weighted by Crippen LogP contribution is 2.74. The number of fused-ring (bicyclic) bond motifs is 13. The van der Waals surface area contributed by atoms with Crippen molar-refractivity contribution in [2.75, 3.05) is 0 Å². The molecule has 1 heteroatoms. The van der Waals surface area contributed by atoms with Crippen LogP contribution in [0.15, 0.2) is 134 Å². The van der Waals surface area contributed by atoms with Gasteiger partial charge in [-0.3, -0.25) is 4.99 Å². The largest absolute Gasteiger partial charge is 0.289 e. The minimum Gasteiger partial charge on any atom is -0.289 e. The number of aliphatic imine (C=N–C) groups is 1. The predicted molar refractivity (Wildman–Crippen MR) is 235 cm³/mol. The maximum atomic E-state index is 6.12. The Balaban J connectivity index is 0.925. The molecule has 12 aliphatic carbocycles. The van der Waals surface area contributed by atoms with Crippen LogP contribution in [0.3, 0.4) is 0 Å². The fourth-order valence-corrected chi connectivity index (χ4v) is 16.6. The first-order valence-electron chi connectivity index (χ1n) is 24.5. The van der Waals surface area contributed by atoms with Crippen LogP contribution in [0.2, 0.25) is 0 Å². The number of rotatable bonds is 3. The van der Waals surface area contributed by atoms with Gasteiger partial charge in [-0.2, -0.15) is 0 Å². The molecule has 0 radical (unpaired) electrons. The minimum atomic E-state index is 0.197. The summed E-state index contributed by atoms with van der Waals surface area (Å²) in [6.45, 7) is 0. The molecule has 13 aliphatic rings. The number of nitrogens with zero attached hydrogens (tertiary/aromatic N) is 1. The third-order valence-corrected chi connectivity index (χ3v) is 18.9. The van der Waals surface area contributed by atoms with Crippen LogP contribution in [-0.2, 0) is 0 Å². The van der Waals surface area contributed by atoms with E-state index in [0.717, 1.165) is 23.7 Å². The van der Waals surface area contributed by atoms with Crippen LogP contribution in [-0.4, -0.2) is 11.8 Å². The average Bonchev–Trinajstić information content (AvgIpc) is 3.97. The molecule has 0 aromatic rings. The van der Waals surface area contributed by atoms with E-state index in [0.29, 0.717) is 41.5 Å². The Hall–Kier alpha value is -3.19. The van der Waals surface area contributed by atoms with Gasteiger partial charge in [0.1, 0.15) is 0 Å². The molecule has 57 heavy (non-hydrogen) atoms. The lowest BCUT2D eigenvalue weighted by atomic mass is 9.56. The van der Waals surface area contributed by atoms with Gasteiger partial charge in [0, 0.05) is 28.9 Å². The first-order valence-corrected chi connectivity index (χ1v) is 24.5. The van der Waals surface area contributed by atoms with E-state index in [1.807, 2.05) is 39.0 Å². The molecule has 0 amide bonds. The van der Waals surface area contributed by atoms with Crippen molar-refractivity contribution in [1.29, 1.82) is 0 Å². The second-order valence-corrected chi connectivity index (χ2v) is 21.1. The summed E-state index contributed by atoms with van der Waals surface area (Å²) in [6, 6.07) is 0.455. The predicted octanol–water partition coefficient (Wildman–Crippen LogP) is 14.1. The molecule has 1 heterocycles. The third kappa shape index (κ3) is 5.08. The molecule has 13 rings (SSSR count). The Kier molecular flexibility index (Phi) is 8.15. The highest BCUT2D eigenvalue weighted by atomic mass is 14.9. The fraction of sp³-hybridized carbons (Fsp3) is 0.589. The molecule has 1 saturated carbocycles. The molecule has 12 atom stereocenters. The van der Waals surface area contributed by atoms with E-state index in [4.69, 9.17) is 4.99 Å². The standard InChI is InChI=1S/C56H65N/c1-3-15-34(16-4-1)44-33-54(35-17-5-2-6-18-35)57-55(49-31-46(44)49)36-27-28-43-41-23-11-13-25-50(41)56(52(43)29-36)51-26-14-12-24-42(51)48-30-45-39-21-9-7-19-37(39)38-20-8-10-22-40(38)47(45)32-53(48)56/h1-5,10,12,15,22,24,31-32,34-36,42,44-45,47-49,51,55H,6-9,11,13-14,16-21,23,25-30,33H2. The molecule has 0 aromatic heterocycles. The molecule has 0 aromatic carbocycles. The van der Waals surface area contributed by atoms with E-state index in [1.165, 1.54) is 135 Å².